The van der Waals surface area contributed by atoms with E-state index >= 15 is 0 Å². The minimum atomic E-state index is -0.518. The zero-order valence-electron chi connectivity index (χ0n) is 15.5. The summed E-state index contributed by atoms with van der Waals surface area (Å²) in [5.41, 5.74) is 1.88. The smallest absolute Gasteiger partial charge is 0.159 e. The Kier molecular flexibility index (Phi) is 6.88. The highest BCUT2D eigenvalue weighted by molar-refractivity contribution is 9.10. The van der Waals surface area contributed by atoms with E-state index in [9.17, 15) is 9.90 Å². The molecule has 144 valence electrons. The van der Waals surface area contributed by atoms with E-state index in [1.807, 2.05) is 48.5 Å². The largest absolute Gasteiger partial charge is 0.491 e. The number of hydrogen-bond acceptors (Lipinski definition) is 5. The molecule has 1 unspecified atom stereocenters. The topological polar surface area (TPSA) is 53.0 Å². The van der Waals surface area contributed by atoms with Crippen LogP contribution < -0.4 is 9.64 Å². The fourth-order valence-electron chi connectivity index (χ4n) is 3.17. The van der Waals surface area contributed by atoms with Crippen LogP contribution in [0.2, 0.25) is 0 Å². The molecule has 2 aromatic rings. The molecule has 5 nitrogen and oxygen atoms in total. The second-order valence-electron chi connectivity index (χ2n) is 6.81. The number of halogens is 1. The predicted molar refractivity (Wildman–Crippen MR) is 111 cm³/mol. The van der Waals surface area contributed by atoms with Gasteiger partial charge in [-0.15, -0.1) is 0 Å². The van der Waals surface area contributed by atoms with Crippen molar-refractivity contribution in [2.24, 2.45) is 0 Å². The number of carbonyl (C=O) groups excluding carboxylic acids is 1. The van der Waals surface area contributed by atoms with Crippen LogP contribution in [0.15, 0.2) is 53.0 Å². The van der Waals surface area contributed by atoms with Crippen LogP contribution in [0, 0.1) is 0 Å². The van der Waals surface area contributed by atoms with Crippen molar-refractivity contribution in [1.82, 2.24) is 4.90 Å². The lowest BCUT2D eigenvalue weighted by molar-refractivity contribution is 0.0663. The summed E-state index contributed by atoms with van der Waals surface area (Å²) < 4.78 is 6.65. The van der Waals surface area contributed by atoms with Gasteiger partial charge in [-0.3, -0.25) is 9.69 Å². The first kappa shape index (κ1) is 19.9. The van der Waals surface area contributed by atoms with E-state index in [-0.39, 0.29) is 12.4 Å². The number of benzene rings is 2. The molecule has 0 saturated carbocycles. The molecule has 1 fully saturated rings. The van der Waals surface area contributed by atoms with Gasteiger partial charge in [0.15, 0.2) is 5.78 Å². The van der Waals surface area contributed by atoms with E-state index in [0.29, 0.717) is 6.54 Å². The number of piperazine rings is 1. The van der Waals surface area contributed by atoms with Gasteiger partial charge in [0.1, 0.15) is 18.5 Å². The standard InChI is InChI=1S/C21H25BrN2O3/c1-16(25)17-2-6-19(7-3-17)24-12-10-23(11-13-24)14-20(26)15-27-21-8-4-18(22)5-9-21/h2-9,20,26H,10-15H2,1H3. The van der Waals surface area contributed by atoms with E-state index in [4.69, 9.17) is 4.74 Å². The second kappa shape index (κ2) is 9.35. The SMILES string of the molecule is CC(=O)c1ccc(N2CCN(CC(O)COc3ccc(Br)cc3)CC2)cc1. The van der Waals surface area contributed by atoms with Crippen molar-refractivity contribution in [1.29, 1.82) is 0 Å². The number of anilines is 1. The van der Waals surface area contributed by atoms with Crippen LogP contribution in [0.25, 0.3) is 0 Å². The van der Waals surface area contributed by atoms with Crippen molar-refractivity contribution < 1.29 is 14.6 Å². The summed E-state index contributed by atoms with van der Waals surface area (Å²) in [5.74, 6) is 0.849. The molecule has 1 aliphatic heterocycles. The molecule has 0 aliphatic carbocycles. The summed E-state index contributed by atoms with van der Waals surface area (Å²) >= 11 is 3.39. The Morgan fingerprint density at radius 1 is 1.07 bits per heavy atom. The maximum Gasteiger partial charge on any atom is 0.159 e. The van der Waals surface area contributed by atoms with Crippen molar-refractivity contribution in [2.45, 2.75) is 13.0 Å². The third-order valence-electron chi connectivity index (χ3n) is 4.74. The maximum absolute atomic E-state index is 11.4. The van der Waals surface area contributed by atoms with Gasteiger partial charge in [-0.05, 0) is 55.5 Å². The van der Waals surface area contributed by atoms with Gasteiger partial charge in [0.05, 0.1) is 0 Å². The molecule has 2 aromatic carbocycles. The van der Waals surface area contributed by atoms with Gasteiger partial charge in [0, 0.05) is 48.4 Å². The fourth-order valence-corrected chi connectivity index (χ4v) is 3.43. The van der Waals surface area contributed by atoms with E-state index in [2.05, 4.69) is 25.7 Å². The van der Waals surface area contributed by atoms with Gasteiger partial charge in [-0.2, -0.15) is 0 Å². The molecule has 1 heterocycles. The van der Waals surface area contributed by atoms with Crippen molar-refractivity contribution in [3.63, 3.8) is 0 Å². The Morgan fingerprint density at radius 3 is 2.30 bits per heavy atom. The molecule has 27 heavy (non-hydrogen) atoms. The number of hydrogen-bond donors (Lipinski definition) is 1. The van der Waals surface area contributed by atoms with Gasteiger partial charge >= 0.3 is 0 Å². The van der Waals surface area contributed by atoms with Crippen LogP contribution >= 0.6 is 15.9 Å². The molecule has 0 amide bonds. The average molecular weight is 433 g/mol. The number of rotatable bonds is 7. The van der Waals surface area contributed by atoms with E-state index in [1.165, 1.54) is 0 Å². The molecule has 0 radical (unpaired) electrons. The lowest BCUT2D eigenvalue weighted by Crippen LogP contribution is -2.49. The first-order valence-electron chi connectivity index (χ1n) is 9.16. The summed E-state index contributed by atoms with van der Waals surface area (Å²) in [4.78, 5) is 16.0. The zero-order valence-corrected chi connectivity index (χ0v) is 17.1. The number of Topliss-reactive ketones (excluding diaryl/α,β-unsaturated/α-hetero) is 1. The molecule has 1 atom stereocenters. The normalized spacial score (nSPS) is 16.2. The van der Waals surface area contributed by atoms with Gasteiger partial charge in [0.2, 0.25) is 0 Å². The number of carbonyl (C=O) groups is 1. The summed E-state index contributed by atoms with van der Waals surface area (Å²) in [6, 6.07) is 15.4. The van der Waals surface area contributed by atoms with Crippen LogP contribution in [0.3, 0.4) is 0 Å². The van der Waals surface area contributed by atoms with Gasteiger partial charge in [0.25, 0.3) is 0 Å². The van der Waals surface area contributed by atoms with Crippen molar-refractivity contribution in [3.05, 3.63) is 58.6 Å². The molecular weight excluding hydrogens is 408 g/mol. The highest BCUT2D eigenvalue weighted by Gasteiger charge is 2.20. The van der Waals surface area contributed by atoms with Crippen LogP contribution in [0.1, 0.15) is 17.3 Å². The Labute approximate surface area is 168 Å². The van der Waals surface area contributed by atoms with Crippen molar-refractivity contribution in [2.75, 3.05) is 44.2 Å². The summed E-state index contributed by atoms with van der Waals surface area (Å²) in [7, 11) is 0. The van der Waals surface area contributed by atoms with E-state index in [1.54, 1.807) is 6.92 Å². The number of aliphatic hydroxyl groups excluding tert-OH is 1. The molecule has 0 bridgehead atoms. The second-order valence-corrected chi connectivity index (χ2v) is 7.73. The Hall–Kier alpha value is -1.89. The van der Waals surface area contributed by atoms with Crippen LogP contribution in [-0.2, 0) is 0 Å². The minimum absolute atomic E-state index is 0.0886. The minimum Gasteiger partial charge on any atom is -0.491 e. The first-order chi connectivity index (χ1) is 13.0. The monoisotopic (exact) mass is 432 g/mol. The number of aliphatic hydroxyl groups is 1. The van der Waals surface area contributed by atoms with Crippen LogP contribution in [-0.4, -0.2) is 61.2 Å². The zero-order chi connectivity index (χ0) is 19.2. The molecule has 0 aromatic heterocycles. The Balaban J connectivity index is 1.42. The van der Waals surface area contributed by atoms with Crippen molar-refractivity contribution >= 4 is 27.4 Å². The Morgan fingerprint density at radius 2 is 1.70 bits per heavy atom. The van der Waals surface area contributed by atoms with Crippen LogP contribution in [0.4, 0.5) is 5.69 Å². The lowest BCUT2D eigenvalue weighted by Gasteiger charge is -2.36. The molecule has 1 N–H and O–H groups in total. The number of ether oxygens (including phenoxy) is 1. The number of ketones is 1. The van der Waals surface area contributed by atoms with Gasteiger partial charge < -0.3 is 14.7 Å². The van der Waals surface area contributed by atoms with Crippen molar-refractivity contribution in [3.8, 4) is 5.75 Å². The van der Waals surface area contributed by atoms with E-state index in [0.717, 1.165) is 47.7 Å². The first-order valence-corrected chi connectivity index (χ1v) is 9.95. The molecule has 3 rings (SSSR count). The van der Waals surface area contributed by atoms with Crippen LogP contribution in [0.5, 0.6) is 5.75 Å². The average Bonchev–Trinajstić information content (AvgIpc) is 2.68. The Bertz CT molecular complexity index is 741. The molecule has 1 aliphatic rings. The molecular formula is C21H25BrN2O3. The van der Waals surface area contributed by atoms with Gasteiger partial charge in [-0.25, -0.2) is 0 Å². The quantitative estimate of drug-likeness (QED) is 0.680. The van der Waals surface area contributed by atoms with E-state index < -0.39 is 6.10 Å². The number of nitrogens with zero attached hydrogens (tertiary/aromatic N) is 2. The lowest BCUT2D eigenvalue weighted by atomic mass is 10.1. The third-order valence-corrected chi connectivity index (χ3v) is 5.26. The molecule has 6 heteroatoms. The summed E-state index contributed by atoms with van der Waals surface area (Å²) in [5, 5.41) is 10.3. The third kappa shape index (κ3) is 5.79. The summed E-state index contributed by atoms with van der Waals surface area (Å²) in [6.07, 6.45) is -0.518. The molecule has 1 saturated heterocycles. The summed E-state index contributed by atoms with van der Waals surface area (Å²) in [6.45, 7) is 6.06. The number of β-amino-alcohol motifs (C(OH)–C–C–N with tert-alkyl or cyclic N) is 1. The molecule has 0 spiro atoms. The maximum atomic E-state index is 11.4. The predicted octanol–water partition coefficient (Wildman–Crippen LogP) is 3.21. The fraction of sp³-hybridized carbons (Fsp3) is 0.381. The highest BCUT2D eigenvalue weighted by Crippen LogP contribution is 2.18. The van der Waals surface area contributed by atoms with Gasteiger partial charge in [-0.1, -0.05) is 15.9 Å². The highest BCUT2D eigenvalue weighted by atomic mass is 79.9.